The van der Waals surface area contributed by atoms with Gasteiger partial charge >= 0.3 is 0 Å². The van der Waals surface area contributed by atoms with E-state index in [1.165, 1.54) is 10.4 Å². The van der Waals surface area contributed by atoms with Gasteiger partial charge in [-0.2, -0.15) is 5.10 Å². The highest BCUT2D eigenvalue weighted by molar-refractivity contribution is 7.10. The summed E-state index contributed by atoms with van der Waals surface area (Å²) in [5.41, 5.74) is 9.10. The van der Waals surface area contributed by atoms with E-state index in [4.69, 9.17) is 5.73 Å². The molecule has 5 heteroatoms. The number of hydrogen-bond acceptors (Lipinski definition) is 4. The molecule has 0 amide bonds. The molecular formula is C13H20N4S. The highest BCUT2D eigenvalue weighted by Gasteiger charge is 2.11. The number of nitrogens with two attached hydrogens (primary N) is 1. The van der Waals surface area contributed by atoms with Gasteiger partial charge in [-0.25, -0.2) is 4.68 Å². The molecule has 2 heterocycles. The lowest BCUT2D eigenvalue weighted by Gasteiger charge is -2.09. The molecule has 0 unspecified atom stereocenters. The number of nitrogen functional groups attached to an aromatic ring is 1. The summed E-state index contributed by atoms with van der Waals surface area (Å²) in [6.07, 6.45) is 1.07. The monoisotopic (exact) mass is 264 g/mol. The van der Waals surface area contributed by atoms with Gasteiger partial charge in [0.25, 0.3) is 0 Å². The molecule has 0 aliphatic carbocycles. The molecule has 0 aliphatic heterocycles. The lowest BCUT2D eigenvalue weighted by molar-refractivity contribution is 0.657. The van der Waals surface area contributed by atoms with Gasteiger partial charge in [0.15, 0.2) is 0 Å². The molecule has 98 valence electrons. The Bertz CT molecular complexity index is 527. The molecule has 4 nitrogen and oxygen atoms in total. The summed E-state index contributed by atoms with van der Waals surface area (Å²) >= 11 is 1.79. The third kappa shape index (κ3) is 2.36. The SMILES string of the molecule is CCc1ccsc1CNc1c(N)c(C)nn1CC. The standard InChI is InChI=1S/C13H20N4S/c1-4-10-6-7-18-11(10)8-15-13-12(14)9(3)16-17(13)5-2/h6-7,15H,4-5,8,14H2,1-3H3. The summed E-state index contributed by atoms with van der Waals surface area (Å²) in [6, 6.07) is 2.19. The largest absolute Gasteiger partial charge is 0.394 e. The fourth-order valence-corrected chi connectivity index (χ4v) is 2.93. The molecule has 0 saturated carbocycles. The minimum absolute atomic E-state index is 0.756. The Morgan fingerprint density at radius 1 is 1.44 bits per heavy atom. The summed E-state index contributed by atoms with van der Waals surface area (Å²) < 4.78 is 1.92. The topological polar surface area (TPSA) is 55.9 Å². The number of thiophene rings is 1. The number of nitrogens with zero attached hydrogens (tertiary/aromatic N) is 2. The zero-order chi connectivity index (χ0) is 13.1. The van der Waals surface area contributed by atoms with E-state index in [9.17, 15) is 0 Å². The number of rotatable bonds is 5. The van der Waals surface area contributed by atoms with Gasteiger partial charge in [-0.15, -0.1) is 11.3 Å². The van der Waals surface area contributed by atoms with Crippen molar-refractivity contribution in [2.75, 3.05) is 11.1 Å². The summed E-state index contributed by atoms with van der Waals surface area (Å²) in [4.78, 5) is 1.37. The van der Waals surface area contributed by atoms with Gasteiger partial charge in [0.05, 0.1) is 17.9 Å². The van der Waals surface area contributed by atoms with Crippen LogP contribution in [0.3, 0.4) is 0 Å². The minimum Gasteiger partial charge on any atom is -0.394 e. The van der Waals surface area contributed by atoms with Crippen LogP contribution in [-0.4, -0.2) is 9.78 Å². The molecule has 0 radical (unpaired) electrons. The van der Waals surface area contributed by atoms with Crippen LogP contribution in [0.5, 0.6) is 0 Å². The van der Waals surface area contributed by atoms with Crippen molar-refractivity contribution in [2.45, 2.75) is 40.3 Å². The fraction of sp³-hybridized carbons (Fsp3) is 0.462. The van der Waals surface area contributed by atoms with Crippen molar-refractivity contribution in [1.29, 1.82) is 0 Å². The van der Waals surface area contributed by atoms with E-state index in [-0.39, 0.29) is 0 Å². The summed E-state index contributed by atoms with van der Waals surface area (Å²) in [6.45, 7) is 7.83. The first-order valence-electron chi connectivity index (χ1n) is 6.29. The minimum atomic E-state index is 0.756. The number of nitrogens with one attached hydrogen (secondary N) is 1. The molecule has 0 aromatic carbocycles. The Morgan fingerprint density at radius 2 is 2.22 bits per heavy atom. The van der Waals surface area contributed by atoms with Crippen molar-refractivity contribution in [3.63, 3.8) is 0 Å². The van der Waals surface area contributed by atoms with Crippen molar-refractivity contribution < 1.29 is 0 Å². The first kappa shape index (κ1) is 13.0. The molecule has 0 saturated heterocycles. The lowest BCUT2D eigenvalue weighted by Crippen LogP contribution is -2.08. The third-order valence-corrected chi connectivity index (χ3v) is 4.07. The van der Waals surface area contributed by atoms with Crippen LogP contribution in [0.25, 0.3) is 0 Å². The summed E-state index contributed by atoms with van der Waals surface area (Å²) in [7, 11) is 0. The van der Waals surface area contributed by atoms with Crippen LogP contribution in [0.2, 0.25) is 0 Å². The quantitative estimate of drug-likeness (QED) is 0.872. The second-order valence-electron chi connectivity index (χ2n) is 4.24. The van der Waals surface area contributed by atoms with Crippen LogP contribution >= 0.6 is 11.3 Å². The molecule has 0 fully saturated rings. The zero-order valence-electron chi connectivity index (χ0n) is 11.2. The maximum absolute atomic E-state index is 6.05. The Kier molecular flexibility index (Phi) is 3.91. The molecule has 0 spiro atoms. The Labute approximate surface area is 112 Å². The van der Waals surface area contributed by atoms with Crippen LogP contribution in [0, 0.1) is 6.92 Å². The van der Waals surface area contributed by atoms with Crippen LogP contribution in [0.4, 0.5) is 11.5 Å². The predicted molar refractivity (Wildman–Crippen MR) is 78.1 cm³/mol. The third-order valence-electron chi connectivity index (χ3n) is 3.11. The summed E-state index contributed by atoms with van der Waals surface area (Å²) in [5, 5.41) is 9.96. The van der Waals surface area contributed by atoms with Crippen molar-refractivity contribution in [3.8, 4) is 0 Å². The van der Waals surface area contributed by atoms with Gasteiger partial charge in [0, 0.05) is 11.4 Å². The van der Waals surface area contributed by atoms with Crippen molar-refractivity contribution in [1.82, 2.24) is 9.78 Å². The normalized spacial score (nSPS) is 10.8. The number of hydrogen-bond donors (Lipinski definition) is 2. The van der Waals surface area contributed by atoms with Gasteiger partial charge in [-0.1, -0.05) is 6.92 Å². The van der Waals surface area contributed by atoms with Gasteiger partial charge in [0.1, 0.15) is 5.82 Å². The Morgan fingerprint density at radius 3 is 2.89 bits per heavy atom. The van der Waals surface area contributed by atoms with Crippen LogP contribution < -0.4 is 11.1 Å². The second kappa shape index (κ2) is 5.44. The first-order valence-corrected chi connectivity index (χ1v) is 7.17. The Hall–Kier alpha value is -1.49. The lowest BCUT2D eigenvalue weighted by atomic mass is 10.2. The van der Waals surface area contributed by atoms with Crippen molar-refractivity contribution in [3.05, 3.63) is 27.6 Å². The van der Waals surface area contributed by atoms with Crippen LogP contribution in [0.15, 0.2) is 11.4 Å². The van der Waals surface area contributed by atoms with Crippen molar-refractivity contribution in [2.24, 2.45) is 0 Å². The van der Waals surface area contributed by atoms with E-state index in [0.717, 1.165) is 36.7 Å². The fourth-order valence-electron chi connectivity index (χ4n) is 2.01. The van der Waals surface area contributed by atoms with Gasteiger partial charge in [0.2, 0.25) is 0 Å². The van der Waals surface area contributed by atoms with E-state index < -0.39 is 0 Å². The van der Waals surface area contributed by atoms with Crippen LogP contribution in [-0.2, 0) is 19.5 Å². The number of aryl methyl sites for hydroxylation is 3. The summed E-state index contributed by atoms with van der Waals surface area (Å²) in [5.74, 6) is 0.936. The molecule has 0 aliphatic rings. The number of anilines is 2. The molecule has 2 aromatic heterocycles. The maximum atomic E-state index is 6.05. The van der Waals surface area contributed by atoms with E-state index in [1.54, 1.807) is 11.3 Å². The molecular weight excluding hydrogens is 244 g/mol. The Balaban J connectivity index is 2.15. The molecule has 2 rings (SSSR count). The average molecular weight is 264 g/mol. The molecule has 0 atom stereocenters. The van der Waals surface area contributed by atoms with E-state index in [2.05, 4.69) is 35.7 Å². The second-order valence-corrected chi connectivity index (χ2v) is 5.24. The number of aromatic nitrogens is 2. The highest BCUT2D eigenvalue weighted by atomic mass is 32.1. The molecule has 3 N–H and O–H groups in total. The zero-order valence-corrected chi connectivity index (χ0v) is 12.0. The molecule has 0 bridgehead atoms. The molecule has 2 aromatic rings. The first-order chi connectivity index (χ1) is 8.67. The highest BCUT2D eigenvalue weighted by Crippen LogP contribution is 2.24. The average Bonchev–Trinajstić information content (AvgIpc) is 2.93. The van der Waals surface area contributed by atoms with E-state index in [0.29, 0.717) is 0 Å². The van der Waals surface area contributed by atoms with E-state index in [1.807, 2.05) is 11.6 Å². The maximum Gasteiger partial charge on any atom is 0.148 e. The van der Waals surface area contributed by atoms with Crippen molar-refractivity contribution >= 4 is 22.8 Å². The van der Waals surface area contributed by atoms with Gasteiger partial charge in [-0.05, 0) is 37.3 Å². The smallest absolute Gasteiger partial charge is 0.148 e. The van der Waals surface area contributed by atoms with Gasteiger partial charge in [-0.3, -0.25) is 0 Å². The van der Waals surface area contributed by atoms with Crippen LogP contribution in [0.1, 0.15) is 30.0 Å². The van der Waals surface area contributed by atoms with Gasteiger partial charge < -0.3 is 11.1 Å². The molecule has 18 heavy (non-hydrogen) atoms. The predicted octanol–water partition coefficient (Wildman–Crippen LogP) is 3.03. The van der Waals surface area contributed by atoms with E-state index >= 15 is 0 Å².